The number of carbonyl (C=O) groups is 2. The van der Waals surface area contributed by atoms with E-state index in [1.807, 2.05) is 0 Å². The highest BCUT2D eigenvalue weighted by molar-refractivity contribution is 7.14. The van der Waals surface area contributed by atoms with Crippen molar-refractivity contribution in [3.05, 3.63) is 44.1 Å². The van der Waals surface area contributed by atoms with E-state index >= 15 is 0 Å². The molecule has 94 valence electrons. The maximum atomic E-state index is 11.8. The van der Waals surface area contributed by atoms with Crippen LogP contribution in [0.2, 0.25) is 4.34 Å². The number of halogens is 2. The molecule has 1 heterocycles. The van der Waals surface area contributed by atoms with Crippen LogP contribution in [0.3, 0.4) is 0 Å². The third-order valence-electron chi connectivity index (χ3n) is 2.62. The summed E-state index contributed by atoms with van der Waals surface area (Å²) in [6, 6.07) is 1.63. The summed E-state index contributed by atoms with van der Waals surface area (Å²) < 4.78 is 0.581. The van der Waals surface area contributed by atoms with E-state index < -0.39 is 0 Å². The first-order valence-electron chi connectivity index (χ1n) is 5.43. The predicted octanol–water partition coefficient (Wildman–Crippen LogP) is 4.39. The molecule has 0 aromatic carbocycles. The summed E-state index contributed by atoms with van der Waals surface area (Å²) in [4.78, 5) is 23.6. The van der Waals surface area contributed by atoms with Gasteiger partial charge in [0.1, 0.15) is 0 Å². The number of rotatable bonds is 5. The Kier molecular flexibility index (Phi) is 4.38. The molecule has 0 spiro atoms. The Hall–Kier alpha value is -0.900. The van der Waals surface area contributed by atoms with Gasteiger partial charge in [-0.1, -0.05) is 29.3 Å². The molecule has 18 heavy (non-hydrogen) atoms. The summed E-state index contributed by atoms with van der Waals surface area (Å²) >= 11 is 12.9. The Morgan fingerprint density at radius 3 is 2.50 bits per heavy atom. The number of thiophene rings is 1. The molecule has 2 rings (SSSR count). The van der Waals surface area contributed by atoms with Gasteiger partial charge in [-0.15, -0.1) is 11.3 Å². The molecular formula is C13H10Cl2O2S. The van der Waals surface area contributed by atoms with Crippen LogP contribution in [0.4, 0.5) is 0 Å². The minimum Gasteiger partial charge on any atom is -0.294 e. The summed E-state index contributed by atoms with van der Waals surface area (Å²) in [6.07, 6.45) is 4.47. The molecule has 0 radical (unpaired) electrons. The van der Waals surface area contributed by atoms with E-state index in [1.165, 1.54) is 11.3 Å². The van der Waals surface area contributed by atoms with E-state index in [2.05, 4.69) is 0 Å². The van der Waals surface area contributed by atoms with Gasteiger partial charge in [-0.2, -0.15) is 0 Å². The molecule has 1 aromatic heterocycles. The first kappa shape index (κ1) is 13.5. The van der Waals surface area contributed by atoms with E-state index in [0.29, 0.717) is 26.9 Å². The Morgan fingerprint density at radius 2 is 1.94 bits per heavy atom. The highest BCUT2D eigenvalue weighted by Gasteiger charge is 2.15. The Morgan fingerprint density at radius 1 is 1.22 bits per heavy atom. The second kappa shape index (κ2) is 5.83. The molecule has 2 nitrogen and oxygen atoms in total. The van der Waals surface area contributed by atoms with Gasteiger partial charge in [-0.25, -0.2) is 0 Å². The molecule has 0 amide bonds. The quantitative estimate of drug-likeness (QED) is 0.756. The molecule has 1 aliphatic carbocycles. The Bertz CT molecular complexity index is 555. The molecule has 5 heteroatoms. The molecule has 0 N–H and O–H groups in total. The van der Waals surface area contributed by atoms with Gasteiger partial charge in [0.25, 0.3) is 0 Å². The summed E-state index contributed by atoms with van der Waals surface area (Å²) in [5.74, 6) is -0.0968. The molecule has 1 aromatic rings. The molecule has 0 saturated heterocycles. The predicted molar refractivity (Wildman–Crippen MR) is 74.5 cm³/mol. The lowest BCUT2D eigenvalue weighted by molar-refractivity contribution is -0.115. The lowest BCUT2D eigenvalue weighted by Crippen LogP contribution is -2.04. The zero-order valence-electron chi connectivity index (χ0n) is 9.41. The Balaban J connectivity index is 1.89. The molecule has 0 aliphatic heterocycles. The van der Waals surface area contributed by atoms with Gasteiger partial charge in [0.15, 0.2) is 11.6 Å². The van der Waals surface area contributed by atoms with Gasteiger partial charge < -0.3 is 0 Å². The fourth-order valence-corrected chi connectivity index (χ4v) is 2.74. The summed E-state index contributed by atoms with van der Waals surface area (Å²) in [5.41, 5.74) is 1.18. The SMILES string of the molecule is O=C(CCC(=O)c1csc(Cl)c1)C1=CCC(Cl)=C1. The van der Waals surface area contributed by atoms with Crippen molar-refractivity contribution in [1.29, 1.82) is 0 Å². The molecule has 0 saturated carbocycles. The van der Waals surface area contributed by atoms with E-state index in [9.17, 15) is 9.59 Å². The van der Waals surface area contributed by atoms with Crippen LogP contribution in [-0.2, 0) is 4.79 Å². The number of Topliss-reactive ketones (excluding diaryl/α,β-unsaturated/α-hetero) is 2. The number of allylic oxidation sites excluding steroid dienone is 4. The molecule has 1 aliphatic rings. The van der Waals surface area contributed by atoms with Gasteiger partial charge in [0.2, 0.25) is 0 Å². The van der Waals surface area contributed by atoms with Crippen LogP contribution in [0.1, 0.15) is 29.6 Å². The van der Waals surface area contributed by atoms with E-state index in [1.54, 1.807) is 23.6 Å². The molecule has 0 fully saturated rings. The van der Waals surface area contributed by atoms with Gasteiger partial charge in [0.05, 0.1) is 4.34 Å². The minimum absolute atomic E-state index is 0.0414. The van der Waals surface area contributed by atoms with Crippen molar-refractivity contribution in [2.75, 3.05) is 0 Å². The summed E-state index contributed by atoms with van der Waals surface area (Å²) in [6.45, 7) is 0. The highest BCUT2D eigenvalue weighted by Crippen LogP contribution is 2.24. The fourth-order valence-electron chi connectivity index (χ4n) is 1.66. The van der Waals surface area contributed by atoms with Crippen molar-refractivity contribution in [3.63, 3.8) is 0 Å². The van der Waals surface area contributed by atoms with Crippen molar-refractivity contribution in [1.82, 2.24) is 0 Å². The third kappa shape index (κ3) is 3.31. The van der Waals surface area contributed by atoms with Gasteiger partial charge in [-0.3, -0.25) is 9.59 Å². The topological polar surface area (TPSA) is 34.1 Å². The normalized spacial score (nSPS) is 14.3. The number of hydrogen-bond acceptors (Lipinski definition) is 3. The van der Waals surface area contributed by atoms with E-state index in [-0.39, 0.29) is 24.4 Å². The molecular weight excluding hydrogens is 291 g/mol. The van der Waals surface area contributed by atoms with Crippen molar-refractivity contribution in [2.45, 2.75) is 19.3 Å². The number of hydrogen-bond donors (Lipinski definition) is 0. The first-order valence-corrected chi connectivity index (χ1v) is 7.06. The maximum absolute atomic E-state index is 11.8. The lowest BCUT2D eigenvalue weighted by atomic mass is 10.0. The van der Waals surface area contributed by atoms with Gasteiger partial charge in [0, 0.05) is 40.8 Å². The monoisotopic (exact) mass is 300 g/mol. The van der Waals surface area contributed by atoms with Crippen LogP contribution in [0, 0.1) is 0 Å². The zero-order chi connectivity index (χ0) is 13.1. The molecule has 0 bridgehead atoms. The van der Waals surface area contributed by atoms with E-state index in [4.69, 9.17) is 23.2 Å². The zero-order valence-corrected chi connectivity index (χ0v) is 11.7. The third-order valence-corrected chi connectivity index (χ3v) is 3.97. The summed E-state index contributed by atoms with van der Waals surface area (Å²) in [7, 11) is 0. The second-order valence-corrected chi connectivity index (χ2v) is 5.97. The standard InChI is InChI=1S/C13H10Cl2O2S/c14-10-2-1-8(5-10)11(16)3-4-12(17)9-6-13(15)18-7-9/h1,5-7H,2-4H2. The lowest BCUT2D eigenvalue weighted by Gasteiger charge is -1.98. The van der Waals surface area contributed by atoms with E-state index in [0.717, 1.165) is 0 Å². The smallest absolute Gasteiger partial charge is 0.164 e. The number of carbonyl (C=O) groups excluding carboxylic acids is 2. The number of ketones is 2. The summed E-state index contributed by atoms with van der Waals surface area (Å²) in [5, 5.41) is 2.37. The first-order chi connectivity index (χ1) is 8.56. The largest absolute Gasteiger partial charge is 0.294 e. The Labute approximate surface area is 119 Å². The van der Waals surface area contributed by atoms with Crippen molar-refractivity contribution < 1.29 is 9.59 Å². The molecule has 0 unspecified atom stereocenters. The average Bonchev–Trinajstić information content (AvgIpc) is 2.94. The maximum Gasteiger partial charge on any atom is 0.164 e. The fraction of sp³-hybridized carbons (Fsp3) is 0.231. The van der Waals surface area contributed by atoms with Gasteiger partial charge >= 0.3 is 0 Å². The van der Waals surface area contributed by atoms with Crippen molar-refractivity contribution >= 4 is 46.1 Å². The van der Waals surface area contributed by atoms with Crippen LogP contribution in [0.5, 0.6) is 0 Å². The van der Waals surface area contributed by atoms with Crippen molar-refractivity contribution in [2.24, 2.45) is 0 Å². The minimum atomic E-state index is -0.0554. The highest BCUT2D eigenvalue weighted by atomic mass is 35.5. The second-order valence-electron chi connectivity index (χ2n) is 3.94. The van der Waals surface area contributed by atoms with Crippen LogP contribution in [0.15, 0.2) is 34.2 Å². The molecule has 0 atom stereocenters. The van der Waals surface area contributed by atoms with Crippen LogP contribution in [0.25, 0.3) is 0 Å². The van der Waals surface area contributed by atoms with Crippen LogP contribution < -0.4 is 0 Å². The van der Waals surface area contributed by atoms with Crippen LogP contribution in [-0.4, -0.2) is 11.6 Å². The van der Waals surface area contributed by atoms with Crippen LogP contribution >= 0.6 is 34.5 Å². The van der Waals surface area contributed by atoms with Crippen molar-refractivity contribution in [3.8, 4) is 0 Å². The van der Waals surface area contributed by atoms with Gasteiger partial charge in [-0.05, 0) is 12.1 Å². The average molecular weight is 301 g/mol.